The molecule has 0 bridgehead atoms. The van der Waals surface area contributed by atoms with Crippen LogP contribution in [-0.2, 0) is 16.0 Å². The van der Waals surface area contributed by atoms with Crippen molar-refractivity contribution in [2.45, 2.75) is 38.3 Å². The highest BCUT2D eigenvalue weighted by Gasteiger charge is 2.25. The fraction of sp³-hybridized carbons (Fsp3) is 0.333. The number of esters is 1. The highest BCUT2D eigenvalue weighted by molar-refractivity contribution is 7.17. The van der Waals surface area contributed by atoms with Gasteiger partial charge in [0.1, 0.15) is 4.88 Å². The van der Waals surface area contributed by atoms with Crippen molar-refractivity contribution in [1.82, 2.24) is 5.32 Å². The molecule has 0 radical (unpaired) electrons. The summed E-state index contributed by atoms with van der Waals surface area (Å²) in [5.74, 6) is -0.814. The molecule has 1 heterocycles. The Morgan fingerprint density at radius 2 is 2.08 bits per heavy atom. The molecule has 3 rings (SSSR count). The normalized spacial score (nSPS) is 17.7. The lowest BCUT2D eigenvalue weighted by molar-refractivity contribution is -0.130. The third-order valence-corrected chi connectivity index (χ3v) is 5.32. The van der Waals surface area contributed by atoms with Crippen LogP contribution in [0.2, 0.25) is 4.34 Å². The Hall–Kier alpha value is -1.85. The molecule has 4 nitrogen and oxygen atoms in total. The summed E-state index contributed by atoms with van der Waals surface area (Å²) in [6.45, 7) is 1.58. The molecular formula is C18H18ClNO3S. The predicted octanol–water partition coefficient (Wildman–Crippen LogP) is 4.14. The largest absolute Gasteiger partial charge is 0.448 e. The lowest BCUT2D eigenvalue weighted by Gasteiger charge is -2.27. The maximum atomic E-state index is 12.4. The summed E-state index contributed by atoms with van der Waals surface area (Å²) in [6.07, 6.45) is 2.10. The molecular weight excluding hydrogens is 346 g/mol. The van der Waals surface area contributed by atoms with Crippen molar-refractivity contribution >= 4 is 34.8 Å². The van der Waals surface area contributed by atoms with Crippen LogP contribution in [0, 0.1) is 0 Å². The first kappa shape index (κ1) is 17.0. The first-order valence-corrected chi connectivity index (χ1v) is 9.08. The van der Waals surface area contributed by atoms with Crippen molar-refractivity contribution in [3.05, 3.63) is 56.7 Å². The number of benzene rings is 1. The minimum Gasteiger partial charge on any atom is -0.448 e. The molecule has 0 unspecified atom stereocenters. The molecule has 2 atom stereocenters. The highest BCUT2D eigenvalue weighted by atomic mass is 35.5. The van der Waals surface area contributed by atoms with Crippen molar-refractivity contribution in [1.29, 1.82) is 0 Å². The Labute approximate surface area is 149 Å². The Bertz CT molecular complexity index is 758. The van der Waals surface area contributed by atoms with E-state index in [1.807, 2.05) is 18.2 Å². The van der Waals surface area contributed by atoms with Crippen molar-refractivity contribution in [3.63, 3.8) is 0 Å². The van der Waals surface area contributed by atoms with E-state index in [1.54, 1.807) is 19.1 Å². The number of ether oxygens (including phenoxy) is 1. The Morgan fingerprint density at radius 3 is 2.83 bits per heavy atom. The first-order valence-electron chi connectivity index (χ1n) is 7.89. The molecule has 0 saturated heterocycles. The number of carbonyl (C=O) groups is 2. The van der Waals surface area contributed by atoms with E-state index in [9.17, 15) is 9.59 Å². The van der Waals surface area contributed by atoms with Gasteiger partial charge in [-0.05, 0) is 49.4 Å². The van der Waals surface area contributed by atoms with Gasteiger partial charge in [-0.25, -0.2) is 4.79 Å². The maximum Gasteiger partial charge on any atom is 0.349 e. The van der Waals surface area contributed by atoms with Crippen molar-refractivity contribution in [2.75, 3.05) is 0 Å². The predicted molar refractivity (Wildman–Crippen MR) is 94.5 cm³/mol. The minimum absolute atomic E-state index is 0.0280. The summed E-state index contributed by atoms with van der Waals surface area (Å²) in [6, 6.07) is 11.3. The van der Waals surface area contributed by atoms with E-state index in [0.29, 0.717) is 9.21 Å². The summed E-state index contributed by atoms with van der Waals surface area (Å²) in [5, 5.41) is 3.00. The van der Waals surface area contributed by atoms with Crippen LogP contribution >= 0.6 is 22.9 Å². The van der Waals surface area contributed by atoms with Crippen LogP contribution in [0.15, 0.2) is 36.4 Å². The quantitative estimate of drug-likeness (QED) is 0.830. The number of amides is 1. The van der Waals surface area contributed by atoms with Gasteiger partial charge in [0.2, 0.25) is 0 Å². The van der Waals surface area contributed by atoms with E-state index < -0.39 is 12.1 Å². The molecule has 1 N–H and O–H groups in total. The minimum atomic E-state index is -0.854. The van der Waals surface area contributed by atoms with Gasteiger partial charge >= 0.3 is 5.97 Å². The number of rotatable bonds is 4. The fourth-order valence-corrected chi connectivity index (χ4v) is 3.82. The summed E-state index contributed by atoms with van der Waals surface area (Å²) in [4.78, 5) is 24.8. The van der Waals surface area contributed by atoms with Crippen LogP contribution < -0.4 is 5.32 Å². The summed E-state index contributed by atoms with van der Waals surface area (Å²) < 4.78 is 5.75. The number of halogens is 1. The molecule has 1 amide bonds. The lowest BCUT2D eigenvalue weighted by Crippen LogP contribution is -2.39. The number of carbonyl (C=O) groups excluding carboxylic acids is 2. The monoisotopic (exact) mass is 363 g/mol. The van der Waals surface area contributed by atoms with Crippen LogP contribution in [0.3, 0.4) is 0 Å². The van der Waals surface area contributed by atoms with E-state index in [2.05, 4.69) is 11.4 Å². The number of thiophene rings is 1. The molecule has 1 aromatic carbocycles. The molecule has 0 saturated carbocycles. The van der Waals surface area contributed by atoms with Gasteiger partial charge in [-0.2, -0.15) is 0 Å². The number of aryl methyl sites for hydroxylation is 1. The number of fused-ring (bicyclic) bond motifs is 1. The standard InChI is InChI=1S/C18H18ClNO3S/c1-11(23-18(22)15-9-10-16(19)24-15)17(21)20-14-8-4-6-12-5-2-3-7-13(12)14/h2-3,5,7,9-11,14H,4,6,8H2,1H3,(H,20,21)/t11-,14-/m1/s1. The molecule has 1 aliphatic carbocycles. The molecule has 6 heteroatoms. The Morgan fingerprint density at radius 1 is 1.29 bits per heavy atom. The Balaban J connectivity index is 1.62. The van der Waals surface area contributed by atoms with E-state index in [1.165, 1.54) is 5.56 Å². The first-order chi connectivity index (χ1) is 11.5. The smallest absolute Gasteiger partial charge is 0.349 e. The average molecular weight is 364 g/mol. The summed E-state index contributed by atoms with van der Waals surface area (Å²) in [5.41, 5.74) is 2.42. The van der Waals surface area contributed by atoms with Crippen LogP contribution in [-0.4, -0.2) is 18.0 Å². The SMILES string of the molecule is C[C@@H](OC(=O)c1ccc(Cl)s1)C(=O)N[C@@H]1CCCc2ccccc21. The maximum absolute atomic E-state index is 12.4. The molecule has 0 aliphatic heterocycles. The third-order valence-electron chi connectivity index (χ3n) is 4.11. The van der Waals surface area contributed by atoms with Crippen LogP contribution in [0.1, 0.15) is 46.6 Å². The molecule has 24 heavy (non-hydrogen) atoms. The number of hydrogen-bond donors (Lipinski definition) is 1. The molecule has 1 aliphatic rings. The Kier molecular flexibility index (Phi) is 5.21. The fourth-order valence-electron chi connectivity index (χ4n) is 2.89. The molecule has 126 valence electrons. The van der Waals surface area contributed by atoms with Gasteiger partial charge in [-0.1, -0.05) is 35.9 Å². The van der Waals surface area contributed by atoms with Crippen molar-refractivity contribution in [2.24, 2.45) is 0 Å². The summed E-state index contributed by atoms with van der Waals surface area (Å²) in [7, 11) is 0. The van der Waals surface area contributed by atoms with E-state index >= 15 is 0 Å². The summed E-state index contributed by atoms with van der Waals surface area (Å²) >= 11 is 6.95. The van der Waals surface area contributed by atoms with Gasteiger partial charge in [0, 0.05) is 0 Å². The molecule has 0 spiro atoms. The molecule has 0 fully saturated rings. The van der Waals surface area contributed by atoms with Crippen molar-refractivity contribution in [3.8, 4) is 0 Å². The van der Waals surface area contributed by atoms with Gasteiger partial charge in [0.25, 0.3) is 5.91 Å². The van der Waals surface area contributed by atoms with Gasteiger partial charge < -0.3 is 10.1 Å². The lowest BCUT2D eigenvalue weighted by atomic mass is 9.87. The second kappa shape index (κ2) is 7.36. The van der Waals surface area contributed by atoms with Crippen LogP contribution in [0.25, 0.3) is 0 Å². The van der Waals surface area contributed by atoms with E-state index in [-0.39, 0.29) is 11.9 Å². The second-order valence-electron chi connectivity index (χ2n) is 5.80. The van der Waals surface area contributed by atoms with Gasteiger partial charge in [-0.3, -0.25) is 4.79 Å². The second-order valence-corrected chi connectivity index (χ2v) is 7.52. The number of nitrogens with one attached hydrogen (secondary N) is 1. The van der Waals surface area contributed by atoms with Gasteiger partial charge in [0.05, 0.1) is 10.4 Å². The van der Waals surface area contributed by atoms with Gasteiger partial charge in [0.15, 0.2) is 6.10 Å². The zero-order chi connectivity index (χ0) is 17.1. The van der Waals surface area contributed by atoms with Crippen LogP contribution in [0.4, 0.5) is 0 Å². The number of hydrogen-bond acceptors (Lipinski definition) is 4. The van der Waals surface area contributed by atoms with Gasteiger partial charge in [-0.15, -0.1) is 11.3 Å². The average Bonchev–Trinajstić information content (AvgIpc) is 3.01. The highest BCUT2D eigenvalue weighted by Crippen LogP contribution is 2.29. The van der Waals surface area contributed by atoms with Crippen LogP contribution in [0.5, 0.6) is 0 Å². The van der Waals surface area contributed by atoms with E-state index in [0.717, 1.165) is 36.2 Å². The van der Waals surface area contributed by atoms with E-state index in [4.69, 9.17) is 16.3 Å². The topological polar surface area (TPSA) is 55.4 Å². The molecule has 1 aromatic heterocycles. The zero-order valence-electron chi connectivity index (χ0n) is 13.3. The third kappa shape index (κ3) is 3.79. The van der Waals surface area contributed by atoms with Crippen molar-refractivity contribution < 1.29 is 14.3 Å². The zero-order valence-corrected chi connectivity index (χ0v) is 14.8. The molecule has 2 aromatic rings.